The van der Waals surface area contributed by atoms with Gasteiger partial charge in [0.05, 0.1) is 11.1 Å². The number of aliphatic hydroxyl groups is 6. The van der Waals surface area contributed by atoms with E-state index in [4.69, 9.17) is 11.6 Å². The molecule has 11 heteroatoms. The van der Waals surface area contributed by atoms with Crippen LogP contribution in [-0.2, 0) is 12.1 Å². The Kier molecular flexibility index (Phi) is 5.58. The van der Waals surface area contributed by atoms with Crippen molar-refractivity contribution >= 4 is 22.4 Å². The predicted octanol–water partition coefficient (Wildman–Crippen LogP) is -0.575. The lowest BCUT2D eigenvalue weighted by molar-refractivity contribution is -0.467. The van der Waals surface area contributed by atoms with Gasteiger partial charge in [0.1, 0.15) is 6.10 Å². The van der Waals surface area contributed by atoms with Crippen molar-refractivity contribution in [2.75, 3.05) is 7.05 Å². The number of nitrogens with zero attached hydrogens (tertiary/aromatic N) is 3. The maximum Gasteiger partial charge on any atom is 0.308 e. The number of benzene rings is 2. The molecule has 1 aliphatic heterocycles. The molecule has 2 unspecified atom stereocenters. The predicted molar refractivity (Wildman–Crippen MR) is 118 cm³/mol. The fourth-order valence-corrected chi connectivity index (χ4v) is 3.96. The number of hydrogen-bond acceptors (Lipinski definition) is 9. The summed E-state index contributed by atoms with van der Waals surface area (Å²) in [5.74, 6) is -7.40. The summed E-state index contributed by atoms with van der Waals surface area (Å²) in [6.07, 6.45) is -0.235. The topological polar surface area (TPSA) is 160 Å². The summed E-state index contributed by atoms with van der Waals surface area (Å²) < 4.78 is 0.274. The van der Waals surface area contributed by atoms with Crippen molar-refractivity contribution in [2.24, 2.45) is 0 Å². The molecule has 0 aliphatic carbocycles. The minimum Gasteiger partial charge on any atom is -0.384 e. The number of halogens is 1. The van der Waals surface area contributed by atoms with E-state index < -0.39 is 29.1 Å². The largest absolute Gasteiger partial charge is 0.384 e. The van der Waals surface area contributed by atoms with Crippen LogP contribution in [0.15, 0.2) is 65.6 Å². The highest BCUT2D eigenvalue weighted by Crippen LogP contribution is 2.39. The Balaban J connectivity index is 2.00. The number of likely N-dealkylation sites (N-methyl/N-ethyl adjacent to an activating group) is 1. The lowest BCUT2D eigenvalue weighted by atomic mass is 9.93. The Morgan fingerprint density at radius 3 is 2.24 bits per heavy atom. The van der Waals surface area contributed by atoms with E-state index in [1.54, 1.807) is 42.5 Å². The molecule has 4 rings (SSSR count). The maximum atomic E-state index is 13.3. The molecule has 10 nitrogen and oxygen atoms in total. The molecular weight excluding hydrogens is 454 g/mol. The minimum atomic E-state index is -3.88. The number of fused-ring (bicyclic) bond motifs is 1. The molecule has 0 spiro atoms. The Bertz CT molecular complexity index is 1290. The number of aromatic nitrogens is 2. The molecule has 6 N–H and O–H groups in total. The molecule has 0 bridgehead atoms. The summed E-state index contributed by atoms with van der Waals surface area (Å²) in [6.45, 7) is 0. The van der Waals surface area contributed by atoms with Gasteiger partial charge in [0.15, 0.2) is 0 Å². The van der Waals surface area contributed by atoms with Gasteiger partial charge in [0.25, 0.3) is 17.1 Å². The van der Waals surface area contributed by atoms with Gasteiger partial charge in [-0.2, -0.15) is 9.78 Å². The normalized spacial score (nSPS) is 24.1. The molecule has 2 atom stereocenters. The molecule has 0 saturated carbocycles. The molecule has 1 aliphatic rings. The summed E-state index contributed by atoms with van der Waals surface area (Å²) >= 11 is 5.94. The molecular formula is C22H22ClN3O7. The fourth-order valence-electron chi connectivity index (χ4n) is 3.83. The smallest absolute Gasteiger partial charge is 0.308 e. The van der Waals surface area contributed by atoms with Gasteiger partial charge in [-0.15, -0.1) is 0 Å². The third-order valence-electron chi connectivity index (χ3n) is 5.87. The zero-order chi connectivity index (χ0) is 24.2. The second-order valence-electron chi connectivity index (χ2n) is 7.94. The zero-order valence-corrected chi connectivity index (χ0v) is 18.1. The van der Waals surface area contributed by atoms with Crippen LogP contribution in [0.1, 0.15) is 11.3 Å². The number of rotatable bonds is 3. The fraction of sp³-hybridized carbons (Fsp3) is 0.273. The van der Waals surface area contributed by atoms with E-state index in [9.17, 15) is 35.4 Å². The monoisotopic (exact) mass is 475 g/mol. The minimum absolute atomic E-state index is 0.0518. The third-order valence-corrected chi connectivity index (χ3v) is 6.12. The first-order chi connectivity index (χ1) is 15.4. The van der Waals surface area contributed by atoms with Crippen molar-refractivity contribution in [1.29, 1.82) is 0 Å². The molecule has 2 aromatic carbocycles. The summed E-state index contributed by atoms with van der Waals surface area (Å²) in [6, 6.07) is 13.1. The van der Waals surface area contributed by atoms with Crippen LogP contribution in [0.25, 0.3) is 10.8 Å². The second kappa shape index (κ2) is 7.89. The lowest BCUT2D eigenvalue weighted by Gasteiger charge is -2.47. The highest BCUT2D eigenvalue weighted by atomic mass is 35.5. The highest BCUT2D eigenvalue weighted by molar-refractivity contribution is 6.30. The summed E-state index contributed by atoms with van der Waals surface area (Å²) in [4.78, 5) is 13.9. The van der Waals surface area contributed by atoms with Gasteiger partial charge in [-0.1, -0.05) is 41.9 Å². The Labute approximate surface area is 192 Å². The van der Waals surface area contributed by atoms with E-state index in [-0.39, 0.29) is 22.2 Å². The first kappa shape index (κ1) is 23.3. The summed E-state index contributed by atoms with van der Waals surface area (Å²) in [5.41, 5.74) is -3.40. The Hall–Kier alpha value is -2.83. The van der Waals surface area contributed by atoms with Crippen molar-refractivity contribution in [2.45, 2.75) is 29.9 Å². The number of hydrogen-bond donors (Lipinski definition) is 6. The molecule has 1 aromatic heterocycles. The molecule has 33 heavy (non-hydrogen) atoms. The van der Waals surface area contributed by atoms with Crippen molar-refractivity contribution in [1.82, 2.24) is 14.7 Å². The Morgan fingerprint density at radius 1 is 1.00 bits per heavy atom. The van der Waals surface area contributed by atoms with Crippen LogP contribution in [0.3, 0.4) is 0 Å². The third kappa shape index (κ3) is 3.44. The van der Waals surface area contributed by atoms with Crippen LogP contribution in [0.4, 0.5) is 0 Å². The SMILES string of the molecule is CN1C=CC(O)C(O)(n2nc(Cc3ccc(Cl)cc3)c3ccccc3c2=O)C(O)(O)C1(O)O. The van der Waals surface area contributed by atoms with Crippen LogP contribution in [-0.4, -0.2) is 70.2 Å². The van der Waals surface area contributed by atoms with Gasteiger partial charge in [0, 0.05) is 30.1 Å². The van der Waals surface area contributed by atoms with E-state index >= 15 is 0 Å². The molecule has 174 valence electrons. The van der Waals surface area contributed by atoms with Gasteiger partial charge < -0.3 is 35.5 Å². The van der Waals surface area contributed by atoms with E-state index in [1.165, 1.54) is 6.07 Å². The zero-order valence-electron chi connectivity index (χ0n) is 17.4. The lowest BCUT2D eigenvalue weighted by Crippen LogP contribution is -2.76. The van der Waals surface area contributed by atoms with Crippen molar-refractivity contribution in [3.05, 3.63) is 87.4 Å². The average Bonchev–Trinajstić information content (AvgIpc) is 2.83. The average molecular weight is 476 g/mol. The van der Waals surface area contributed by atoms with Crippen LogP contribution in [0.2, 0.25) is 5.02 Å². The van der Waals surface area contributed by atoms with E-state index in [1.807, 2.05) is 0 Å². The Morgan fingerprint density at radius 2 is 1.61 bits per heavy atom. The first-order valence-corrected chi connectivity index (χ1v) is 10.3. The van der Waals surface area contributed by atoms with Gasteiger partial charge >= 0.3 is 5.91 Å². The van der Waals surface area contributed by atoms with E-state index in [0.29, 0.717) is 15.3 Å². The van der Waals surface area contributed by atoms with Crippen molar-refractivity contribution in [3.8, 4) is 0 Å². The van der Waals surface area contributed by atoms with Gasteiger partial charge in [0.2, 0.25) is 0 Å². The van der Waals surface area contributed by atoms with Gasteiger partial charge in [-0.05, 0) is 29.8 Å². The highest BCUT2D eigenvalue weighted by Gasteiger charge is 2.69. The van der Waals surface area contributed by atoms with Gasteiger partial charge in [-0.3, -0.25) is 4.79 Å². The van der Waals surface area contributed by atoms with Crippen LogP contribution in [0, 0.1) is 0 Å². The van der Waals surface area contributed by atoms with Crippen LogP contribution in [0.5, 0.6) is 0 Å². The van der Waals surface area contributed by atoms with Crippen molar-refractivity contribution < 1.29 is 30.6 Å². The quantitative estimate of drug-likeness (QED) is 0.272. The van der Waals surface area contributed by atoms with Crippen molar-refractivity contribution in [3.63, 3.8) is 0 Å². The van der Waals surface area contributed by atoms with E-state index in [2.05, 4.69) is 5.10 Å². The van der Waals surface area contributed by atoms with E-state index in [0.717, 1.165) is 24.9 Å². The molecule has 0 fully saturated rings. The summed E-state index contributed by atoms with van der Waals surface area (Å²) in [5, 5.41) is 69.5. The maximum absolute atomic E-state index is 13.3. The van der Waals surface area contributed by atoms with Crippen LogP contribution >= 0.6 is 11.6 Å². The number of aliphatic hydroxyl groups excluding tert-OH is 1. The molecule has 0 radical (unpaired) electrons. The molecule has 3 aromatic rings. The van der Waals surface area contributed by atoms with Crippen LogP contribution < -0.4 is 5.56 Å². The first-order valence-electron chi connectivity index (χ1n) is 9.88. The van der Waals surface area contributed by atoms with Gasteiger partial charge in [-0.25, -0.2) is 0 Å². The second-order valence-corrected chi connectivity index (χ2v) is 8.38. The molecule has 0 amide bonds. The molecule has 2 heterocycles. The standard InChI is InChI=1S/C22H22ClN3O7/c1-25-11-10-18(27)20(29,21(30,31)22(25,32)33)26-19(28)16-5-3-2-4-15(16)17(24-26)12-13-6-8-14(23)9-7-13/h2-11,18,27,29-33H,12H2,1H3. The molecule has 0 saturated heterocycles. The summed E-state index contributed by atoms with van der Waals surface area (Å²) in [7, 11) is 1.07.